The Kier molecular flexibility index (Phi) is 9.28. The van der Waals surface area contributed by atoms with Crippen LogP contribution in [0.25, 0.3) is 0 Å². The van der Waals surface area contributed by atoms with Gasteiger partial charge in [0.1, 0.15) is 6.17 Å². The van der Waals surface area contributed by atoms with E-state index >= 15 is 0 Å². The van der Waals surface area contributed by atoms with Crippen LogP contribution < -0.4 is 16.3 Å². The average Bonchev–Trinajstić information content (AvgIpc) is 3.18. The monoisotopic (exact) mass is 507 g/mol. The lowest BCUT2D eigenvalue weighted by Gasteiger charge is -2.43. The number of hydrogen-bond acceptors (Lipinski definition) is 5. The van der Waals surface area contributed by atoms with Gasteiger partial charge in [0.25, 0.3) is 0 Å². The van der Waals surface area contributed by atoms with Gasteiger partial charge in [0.2, 0.25) is 11.5 Å². The van der Waals surface area contributed by atoms with Gasteiger partial charge in [-0.15, -0.1) is 0 Å². The van der Waals surface area contributed by atoms with Gasteiger partial charge in [-0.3, -0.25) is 10.2 Å². The van der Waals surface area contributed by atoms with Crippen LogP contribution in [0.3, 0.4) is 0 Å². The molecule has 0 bridgehead atoms. The van der Waals surface area contributed by atoms with E-state index in [1.165, 1.54) is 0 Å². The number of methoxy groups -OCH3 is 2. The van der Waals surface area contributed by atoms with Gasteiger partial charge in [0.05, 0.1) is 12.2 Å². The SMILES string of the molecule is COC1CC(CNC(=O)C2CC(Cn3ccn(C)c3=N)CC(C3NCC(F)CC3C)C2)CC(OC)C1. The molecule has 204 valence electrons. The number of halogens is 1. The molecule has 1 aliphatic heterocycles. The molecule has 36 heavy (non-hydrogen) atoms. The Balaban J connectivity index is 1.42. The highest BCUT2D eigenvalue weighted by Crippen LogP contribution is 2.39. The molecule has 2 heterocycles. The van der Waals surface area contributed by atoms with E-state index < -0.39 is 6.17 Å². The number of aryl methyl sites for hydroxylation is 1. The zero-order chi connectivity index (χ0) is 25.8. The first-order valence-corrected chi connectivity index (χ1v) is 13.7. The lowest BCUT2D eigenvalue weighted by Crippen LogP contribution is -2.52. The van der Waals surface area contributed by atoms with E-state index in [4.69, 9.17) is 14.9 Å². The van der Waals surface area contributed by atoms with E-state index in [9.17, 15) is 9.18 Å². The van der Waals surface area contributed by atoms with Gasteiger partial charge >= 0.3 is 0 Å². The lowest BCUT2D eigenvalue weighted by atomic mass is 9.68. The van der Waals surface area contributed by atoms with Crippen molar-refractivity contribution in [2.24, 2.45) is 36.6 Å². The first-order valence-electron chi connectivity index (χ1n) is 13.7. The van der Waals surface area contributed by atoms with Crippen LogP contribution in [0.4, 0.5) is 4.39 Å². The second kappa shape index (κ2) is 12.2. The zero-order valence-corrected chi connectivity index (χ0v) is 22.4. The summed E-state index contributed by atoms with van der Waals surface area (Å²) < 4.78 is 29.0. The molecule has 8 nitrogen and oxygen atoms in total. The third-order valence-electron chi connectivity index (χ3n) is 9.02. The van der Waals surface area contributed by atoms with Crippen molar-refractivity contribution in [3.63, 3.8) is 0 Å². The summed E-state index contributed by atoms with van der Waals surface area (Å²) in [4.78, 5) is 13.5. The normalized spacial score (nSPS) is 37.5. The van der Waals surface area contributed by atoms with Gasteiger partial charge in [-0.25, -0.2) is 4.39 Å². The van der Waals surface area contributed by atoms with Crippen molar-refractivity contribution < 1.29 is 18.7 Å². The highest BCUT2D eigenvalue weighted by Gasteiger charge is 2.40. The van der Waals surface area contributed by atoms with Gasteiger partial charge in [0.15, 0.2) is 0 Å². The van der Waals surface area contributed by atoms with Crippen molar-refractivity contribution >= 4 is 5.91 Å². The van der Waals surface area contributed by atoms with Gasteiger partial charge in [0, 0.05) is 65.3 Å². The molecule has 0 spiro atoms. The molecule has 3 N–H and O–H groups in total. The fourth-order valence-corrected chi connectivity index (χ4v) is 7.09. The molecule has 0 radical (unpaired) electrons. The molecule has 1 aromatic rings. The molecule has 2 saturated carbocycles. The summed E-state index contributed by atoms with van der Waals surface area (Å²) in [5.41, 5.74) is 0.472. The number of amides is 1. The second-order valence-electron chi connectivity index (χ2n) is 11.7. The van der Waals surface area contributed by atoms with E-state index in [0.717, 1.165) is 45.1 Å². The second-order valence-corrected chi connectivity index (χ2v) is 11.7. The third-order valence-corrected chi connectivity index (χ3v) is 9.02. The van der Waals surface area contributed by atoms with E-state index in [-0.39, 0.29) is 36.0 Å². The molecule has 0 aromatic carbocycles. The number of carbonyl (C=O) groups excluding carboxylic acids is 1. The van der Waals surface area contributed by atoms with Crippen molar-refractivity contribution in [2.75, 3.05) is 27.3 Å². The van der Waals surface area contributed by atoms with Gasteiger partial charge in [-0.1, -0.05) is 6.92 Å². The topological polar surface area (TPSA) is 93.3 Å². The van der Waals surface area contributed by atoms with E-state index in [1.54, 1.807) is 18.8 Å². The minimum Gasteiger partial charge on any atom is -0.381 e. The quantitative estimate of drug-likeness (QED) is 0.504. The van der Waals surface area contributed by atoms with Gasteiger partial charge in [-0.2, -0.15) is 0 Å². The number of hydrogen-bond donors (Lipinski definition) is 3. The molecule has 2 aliphatic carbocycles. The molecule has 4 rings (SSSR count). The van der Waals surface area contributed by atoms with Crippen molar-refractivity contribution in [2.45, 2.75) is 82.8 Å². The fourth-order valence-electron chi connectivity index (χ4n) is 7.09. The van der Waals surface area contributed by atoms with Crippen LogP contribution >= 0.6 is 0 Å². The summed E-state index contributed by atoms with van der Waals surface area (Å²) in [5.74, 6) is 1.29. The molecular formula is C27H46FN5O3. The first-order chi connectivity index (χ1) is 17.3. The smallest absolute Gasteiger partial charge is 0.223 e. The Morgan fingerprint density at radius 3 is 2.42 bits per heavy atom. The number of aromatic nitrogens is 2. The number of imidazole rings is 1. The molecule has 3 aliphatic rings. The number of rotatable bonds is 8. The summed E-state index contributed by atoms with van der Waals surface area (Å²) in [6.45, 7) is 3.93. The Labute approximate surface area is 214 Å². The first kappa shape index (κ1) is 27.3. The zero-order valence-electron chi connectivity index (χ0n) is 22.4. The van der Waals surface area contributed by atoms with Crippen LogP contribution in [-0.2, 0) is 27.9 Å². The van der Waals surface area contributed by atoms with Crippen molar-refractivity contribution in [3.8, 4) is 0 Å². The highest BCUT2D eigenvalue weighted by atomic mass is 19.1. The lowest BCUT2D eigenvalue weighted by molar-refractivity contribution is -0.128. The maximum absolute atomic E-state index is 14.0. The summed E-state index contributed by atoms with van der Waals surface area (Å²) >= 11 is 0. The van der Waals surface area contributed by atoms with E-state index in [1.807, 2.05) is 24.0 Å². The molecule has 1 aromatic heterocycles. The van der Waals surface area contributed by atoms with Crippen molar-refractivity contribution in [1.82, 2.24) is 19.8 Å². The van der Waals surface area contributed by atoms with Crippen LogP contribution in [0, 0.1) is 35.0 Å². The molecule has 1 saturated heterocycles. The standard InChI is InChI=1S/C27H46FN5O3/c1-17-7-22(28)15-30-25(17)20-8-19(16-33-6-5-32(2)27(33)29)9-21(12-20)26(34)31-14-18-10-23(35-3)13-24(11-18)36-4/h5-6,17-25,29-30H,7-16H2,1-4H3,(H,31,34). The third kappa shape index (κ3) is 6.58. The number of piperidine rings is 1. The minimum absolute atomic E-state index is 0.0654. The molecule has 1 amide bonds. The predicted molar refractivity (Wildman–Crippen MR) is 136 cm³/mol. The van der Waals surface area contributed by atoms with Gasteiger partial charge in [-0.05, 0) is 68.6 Å². The molecule has 9 heteroatoms. The van der Waals surface area contributed by atoms with Crippen LogP contribution in [0.5, 0.6) is 0 Å². The van der Waals surface area contributed by atoms with Crippen LogP contribution in [0.1, 0.15) is 51.9 Å². The number of nitrogens with one attached hydrogen (secondary N) is 3. The fraction of sp³-hybridized carbons (Fsp3) is 0.852. The molecule has 8 atom stereocenters. The number of alkyl halides is 1. The molecule has 8 unspecified atom stereocenters. The predicted octanol–water partition coefficient (Wildman–Crippen LogP) is 2.62. The van der Waals surface area contributed by atoms with Gasteiger partial charge < -0.3 is 29.2 Å². The number of nitrogens with zero attached hydrogens (tertiary/aromatic N) is 2. The Hall–Kier alpha value is -1.71. The summed E-state index contributed by atoms with van der Waals surface area (Å²) in [7, 11) is 5.38. The number of ether oxygens (including phenoxy) is 2. The van der Waals surface area contributed by atoms with Crippen LogP contribution in [0.15, 0.2) is 12.4 Å². The Bertz CT molecular complexity index is 907. The largest absolute Gasteiger partial charge is 0.381 e. The summed E-state index contributed by atoms with van der Waals surface area (Å²) in [5, 5.41) is 15.1. The van der Waals surface area contributed by atoms with Crippen molar-refractivity contribution in [1.29, 1.82) is 5.41 Å². The van der Waals surface area contributed by atoms with E-state index in [2.05, 4.69) is 17.6 Å². The highest BCUT2D eigenvalue weighted by molar-refractivity contribution is 5.78. The number of carbonyl (C=O) groups is 1. The summed E-state index contributed by atoms with van der Waals surface area (Å²) in [6, 6.07) is 0.231. The van der Waals surface area contributed by atoms with Crippen LogP contribution in [-0.4, -0.2) is 66.8 Å². The minimum atomic E-state index is -0.789. The maximum Gasteiger partial charge on any atom is 0.223 e. The molecular weight excluding hydrogens is 461 g/mol. The van der Waals surface area contributed by atoms with Crippen LogP contribution in [0.2, 0.25) is 0 Å². The Morgan fingerprint density at radius 1 is 1.08 bits per heavy atom. The van der Waals surface area contributed by atoms with E-state index in [0.29, 0.717) is 42.9 Å². The maximum atomic E-state index is 14.0. The summed E-state index contributed by atoms with van der Waals surface area (Å²) in [6.07, 6.45) is 9.46. The Morgan fingerprint density at radius 2 is 1.81 bits per heavy atom. The average molecular weight is 508 g/mol. The molecule has 3 fully saturated rings. The van der Waals surface area contributed by atoms with Crippen molar-refractivity contribution in [3.05, 3.63) is 18.0 Å².